The van der Waals surface area contributed by atoms with Crippen molar-refractivity contribution in [1.29, 1.82) is 0 Å². The van der Waals surface area contributed by atoms with Crippen molar-refractivity contribution in [2.45, 2.75) is 65.0 Å². The monoisotopic (exact) mass is 461 g/mol. The zero-order valence-corrected chi connectivity index (χ0v) is 20.2. The molecule has 7 heteroatoms. The van der Waals surface area contributed by atoms with Crippen LogP contribution in [0.4, 0.5) is 5.95 Å². The molecule has 0 atom stereocenters. The molecule has 2 aliphatic rings. The maximum absolute atomic E-state index is 13.6. The van der Waals surface area contributed by atoms with E-state index in [-0.39, 0.29) is 5.69 Å². The highest BCUT2D eigenvalue weighted by atomic mass is 16.5. The Labute approximate surface area is 201 Å². The Morgan fingerprint density at radius 3 is 2.65 bits per heavy atom. The van der Waals surface area contributed by atoms with Gasteiger partial charge in [-0.05, 0) is 81.0 Å². The number of aromatic nitrogens is 4. The van der Waals surface area contributed by atoms with Crippen LogP contribution in [0.15, 0.2) is 47.5 Å². The maximum Gasteiger partial charge on any atom is 0.333 e. The summed E-state index contributed by atoms with van der Waals surface area (Å²) in [6.07, 6.45) is 10.5. The van der Waals surface area contributed by atoms with Crippen molar-refractivity contribution < 1.29 is 4.74 Å². The van der Waals surface area contributed by atoms with Gasteiger partial charge in [-0.15, -0.1) is 0 Å². The van der Waals surface area contributed by atoms with E-state index in [2.05, 4.69) is 17.2 Å². The van der Waals surface area contributed by atoms with Gasteiger partial charge in [0.05, 0.1) is 17.1 Å². The van der Waals surface area contributed by atoms with Gasteiger partial charge in [-0.2, -0.15) is 0 Å². The number of ether oxygens (including phenoxy) is 1. The number of anilines is 1. The standard InChI is InChI=1S/C27H35N5O2/c1-19-6-8-22(9-7-19)29-26-28-13-10-24(30-26)25-18-31(17-21-11-14-34-15-12-21)27(33)32(25)23-5-3-4-20(2)16-23/h3-5,10,13,16,18-19,21-22H,6-9,11-12,14-15,17H2,1-2H3,(H,28,29,30)/t19-,22-. The number of nitrogens with one attached hydrogen (secondary N) is 1. The minimum absolute atomic E-state index is 0.0264. The maximum atomic E-state index is 13.6. The smallest absolute Gasteiger partial charge is 0.333 e. The highest BCUT2D eigenvalue weighted by Crippen LogP contribution is 2.27. The van der Waals surface area contributed by atoms with E-state index in [9.17, 15) is 4.79 Å². The molecule has 7 nitrogen and oxygen atoms in total. The number of rotatable bonds is 6. The first-order valence-electron chi connectivity index (χ1n) is 12.6. The molecule has 5 rings (SSSR count). The van der Waals surface area contributed by atoms with E-state index in [1.54, 1.807) is 10.8 Å². The fraction of sp³-hybridized carbons (Fsp3) is 0.519. The number of benzene rings is 1. The third-order valence-corrected chi connectivity index (χ3v) is 7.28. The first kappa shape index (κ1) is 22.8. The van der Waals surface area contributed by atoms with Crippen LogP contribution < -0.4 is 11.0 Å². The van der Waals surface area contributed by atoms with Crippen LogP contribution in [0.2, 0.25) is 0 Å². The van der Waals surface area contributed by atoms with E-state index in [4.69, 9.17) is 9.72 Å². The van der Waals surface area contributed by atoms with Gasteiger partial charge in [0.2, 0.25) is 5.95 Å². The van der Waals surface area contributed by atoms with Gasteiger partial charge >= 0.3 is 5.69 Å². The second-order valence-corrected chi connectivity index (χ2v) is 10.0. The number of aryl methyl sites for hydroxylation is 1. The van der Waals surface area contributed by atoms with Crippen molar-refractivity contribution >= 4 is 5.95 Å². The molecule has 180 valence electrons. The molecule has 0 radical (unpaired) electrons. The van der Waals surface area contributed by atoms with Crippen LogP contribution in [0.25, 0.3) is 17.1 Å². The first-order chi connectivity index (χ1) is 16.6. The van der Waals surface area contributed by atoms with Crippen molar-refractivity contribution in [3.05, 3.63) is 58.8 Å². The molecule has 1 N–H and O–H groups in total. The molecular formula is C27H35N5O2. The van der Waals surface area contributed by atoms with Crippen LogP contribution in [-0.2, 0) is 11.3 Å². The van der Waals surface area contributed by atoms with Gasteiger partial charge < -0.3 is 10.1 Å². The first-order valence-corrected chi connectivity index (χ1v) is 12.6. The molecule has 1 aromatic carbocycles. The van der Waals surface area contributed by atoms with E-state index >= 15 is 0 Å². The summed E-state index contributed by atoms with van der Waals surface area (Å²) in [6, 6.07) is 10.4. The fourth-order valence-electron chi connectivity index (χ4n) is 5.19. The van der Waals surface area contributed by atoms with Crippen molar-refractivity contribution in [3.8, 4) is 17.1 Å². The summed E-state index contributed by atoms with van der Waals surface area (Å²) < 4.78 is 9.16. The topological polar surface area (TPSA) is 74.0 Å². The Kier molecular flexibility index (Phi) is 6.81. The lowest BCUT2D eigenvalue weighted by Crippen LogP contribution is -2.28. The van der Waals surface area contributed by atoms with Crippen LogP contribution in [-0.4, -0.2) is 38.4 Å². The Morgan fingerprint density at radius 2 is 1.88 bits per heavy atom. The lowest BCUT2D eigenvalue weighted by molar-refractivity contribution is 0.0609. The number of nitrogens with zero attached hydrogens (tertiary/aromatic N) is 4. The van der Waals surface area contributed by atoms with Gasteiger partial charge in [0, 0.05) is 38.2 Å². The quantitative estimate of drug-likeness (QED) is 0.570. The summed E-state index contributed by atoms with van der Waals surface area (Å²) in [5.41, 5.74) is 3.50. The second-order valence-electron chi connectivity index (χ2n) is 10.0. The van der Waals surface area contributed by atoms with Crippen LogP contribution in [0.5, 0.6) is 0 Å². The summed E-state index contributed by atoms with van der Waals surface area (Å²) in [4.78, 5) is 23.0. The Morgan fingerprint density at radius 1 is 1.09 bits per heavy atom. The summed E-state index contributed by atoms with van der Waals surface area (Å²) in [5.74, 6) is 1.88. The molecule has 1 aliphatic heterocycles. The predicted molar refractivity (Wildman–Crippen MR) is 134 cm³/mol. The van der Waals surface area contributed by atoms with Gasteiger partial charge in [-0.1, -0.05) is 19.1 Å². The molecule has 0 unspecified atom stereocenters. The lowest BCUT2D eigenvalue weighted by Gasteiger charge is -2.26. The molecule has 1 saturated carbocycles. The number of imidazole rings is 1. The van der Waals surface area contributed by atoms with E-state index in [1.165, 1.54) is 12.8 Å². The highest BCUT2D eigenvalue weighted by molar-refractivity contribution is 5.59. The van der Waals surface area contributed by atoms with Crippen LogP contribution in [0.3, 0.4) is 0 Å². The molecule has 0 spiro atoms. The SMILES string of the molecule is Cc1cccc(-n2c(-c3ccnc(N[C@H]4CC[C@H](C)CC4)n3)cn(CC3CCOCC3)c2=O)c1. The van der Waals surface area contributed by atoms with E-state index in [0.29, 0.717) is 24.5 Å². The van der Waals surface area contributed by atoms with Crippen molar-refractivity contribution in [2.75, 3.05) is 18.5 Å². The molecule has 0 amide bonds. The average molecular weight is 462 g/mol. The minimum Gasteiger partial charge on any atom is -0.381 e. The van der Waals surface area contributed by atoms with Crippen LogP contribution in [0, 0.1) is 18.8 Å². The normalized spacial score (nSPS) is 21.5. The fourth-order valence-corrected chi connectivity index (χ4v) is 5.19. The van der Waals surface area contributed by atoms with Gasteiger partial charge in [0.15, 0.2) is 0 Å². The molecular weight excluding hydrogens is 426 g/mol. The van der Waals surface area contributed by atoms with E-state index in [0.717, 1.165) is 67.5 Å². The lowest BCUT2D eigenvalue weighted by atomic mass is 9.87. The van der Waals surface area contributed by atoms with Crippen molar-refractivity contribution in [3.63, 3.8) is 0 Å². The zero-order chi connectivity index (χ0) is 23.5. The third-order valence-electron chi connectivity index (χ3n) is 7.28. The Bertz CT molecular complexity index is 1170. The van der Waals surface area contributed by atoms with Gasteiger partial charge in [0.25, 0.3) is 0 Å². The Hall–Kier alpha value is -2.93. The molecule has 3 heterocycles. The predicted octanol–water partition coefficient (Wildman–Crippen LogP) is 4.82. The number of hydrogen-bond acceptors (Lipinski definition) is 5. The highest BCUT2D eigenvalue weighted by Gasteiger charge is 2.22. The largest absolute Gasteiger partial charge is 0.381 e. The van der Waals surface area contributed by atoms with Crippen LogP contribution in [0.1, 0.15) is 51.0 Å². The Balaban J connectivity index is 1.49. The summed E-state index contributed by atoms with van der Waals surface area (Å²) >= 11 is 0. The number of hydrogen-bond donors (Lipinski definition) is 1. The molecule has 0 bridgehead atoms. The summed E-state index contributed by atoms with van der Waals surface area (Å²) in [6.45, 7) is 6.61. The third kappa shape index (κ3) is 5.09. The van der Waals surface area contributed by atoms with E-state index in [1.807, 2.05) is 48.0 Å². The van der Waals surface area contributed by atoms with E-state index < -0.39 is 0 Å². The second kappa shape index (κ2) is 10.1. The summed E-state index contributed by atoms with van der Waals surface area (Å²) in [5, 5.41) is 3.54. The van der Waals surface area contributed by atoms with Crippen molar-refractivity contribution in [2.24, 2.45) is 11.8 Å². The molecule has 2 fully saturated rings. The average Bonchev–Trinajstić information content (AvgIpc) is 3.17. The minimum atomic E-state index is -0.0264. The molecule has 1 saturated heterocycles. The molecule has 1 aliphatic carbocycles. The summed E-state index contributed by atoms with van der Waals surface area (Å²) in [7, 11) is 0. The molecule has 2 aromatic heterocycles. The van der Waals surface area contributed by atoms with Gasteiger partial charge in [-0.25, -0.2) is 14.8 Å². The van der Waals surface area contributed by atoms with Gasteiger partial charge in [-0.3, -0.25) is 9.13 Å². The molecule has 34 heavy (non-hydrogen) atoms. The van der Waals surface area contributed by atoms with Gasteiger partial charge in [0.1, 0.15) is 0 Å². The van der Waals surface area contributed by atoms with Crippen LogP contribution >= 0.6 is 0 Å². The van der Waals surface area contributed by atoms with Crippen molar-refractivity contribution in [1.82, 2.24) is 19.1 Å². The molecule has 3 aromatic rings. The zero-order valence-electron chi connectivity index (χ0n) is 20.2.